The molecule has 1 aromatic rings. The largest absolute Gasteiger partial charge is 0.373 e. The SMILES string of the molecule is [CH2]C(=O)c1ccc(NC)nc1F. The number of Topliss-reactive ketones (excluding diaryl/α,β-unsaturated/α-hetero) is 1. The van der Waals surface area contributed by atoms with Crippen molar-refractivity contribution in [1.82, 2.24) is 4.98 Å². The van der Waals surface area contributed by atoms with E-state index in [0.717, 1.165) is 0 Å². The van der Waals surface area contributed by atoms with Crippen LogP contribution in [0, 0.1) is 12.9 Å². The van der Waals surface area contributed by atoms with Crippen molar-refractivity contribution in [3.05, 3.63) is 30.6 Å². The van der Waals surface area contributed by atoms with E-state index in [1.165, 1.54) is 12.1 Å². The molecule has 0 saturated heterocycles. The van der Waals surface area contributed by atoms with Crippen LogP contribution in [0.4, 0.5) is 10.2 Å². The van der Waals surface area contributed by atoms with E-state index in [0.29, 0.717) is 5.82 Å². The number of aromatic nitrogens is 1. The third kappa shape index (κ3) is 1.58. The predicted octanol–water partition coefficient (Wildman–Crippen LogP) is 1.28. The second kappa shape index (κ2) is 3.30. The summed E-state index contributed by atoms with van der Waals surface area (Å²) in [6.45, 7) is 3.09. The number of hydrogen-bond acceptors (Lipinski definition) is 3. The third-order valence-electron chi connectivity index (χ3n) is 1.41. The molecule has 1 N–H and O–H groups in total. The van der Waals surface area contributed by atoms with Gasteiger partial charge in [0.15, 0.2) is 5.78 Å². The zero-order valence-electron chi connectivity index (χ0n) is 6.60. The molecule has 1 heterocycles. The minimum Gasteiger partial charge on any atom is -0.373 e. The normalized spacial score (nSPS) is 9.58. The van der Waals surface area contributed by atoms with Gasteiger partial charge in [0, 0.05) is 14.0 Å². The van der Waals surface area contributed by atoms with E-state index in [4.69, 9.17) is 0 Å². The summed E-state index contributed by atoms with van der Waals surface area (Å²) >= 11 is 0. The highest BCUT2D eigenvalue weighted by molar-refractivity contribution is 5.99. The van der Waals surface area contributed by atoms with Gasteiger partial charge in [-0.05, 0) is 12.1 Å². The van der Waals surface area contributed by atoms with Gasteiger partial charge in [-0.25, -0.2) is 4.98 Å². The van der Waals surface area contributed by atoms with E-state index in [1.807, 2.05) is 0 Å². The Labute approximate surface area is 69.6 Å². The number of carbonyl (C=O) groups excluding carboxylic acids is 1. The summed E-state index contributed by atoms with van der Waals surface area (Å²) in [5, 5.41) is 2.65. The topological polar surface area (TPSA) is 42.0 Å². The lowest BCUT2D eigenvalue weighted by Crippen LogP contribution is -2.02. The molecule has 0 aromatic carbocycles. The summed E-state index contributed by atoms with van der Waals surface area (Å²) in [6, 6.07) is 2.87. The Bertz CT molecular complexity index is 312. The molecule has 12 heavy (non-hydrogen) atoms. The lowest BCUT2D eigenvalue weighted by Gasteiger charge is -2.00. The Kier molecular flexibility index (Phi) is 2.38. The van der Waals surface area contributed by atoms with Gasteiger partial charge in [0.05, 0.1) is 5.56 Å². The molecule has 0 fully saturated rings. The minimum atomic E-state index is -0.790. The number of ketones is 1. The van der Waals surface area contributed by atoms with Gasteiger partial charge in [-0.3, -0.25) is 4.79 Å². The van der Waals surface area contributed by atoms with Crippen molar-refractivity contribution >= 4 is 11.6 Å². The van der Waals surface area contributed by atoms with Gasteiger partial charge < -0.3 is 5.32 Å². The standard InChI is InChI=1S/C8H8FN2O/c1-5(12)6-3-4-7(10-2)11-8(6)9/h3-4H,1H2,2H3,(H,10,11). The number of nitrogens with zero attached hydrogens (tertiary/aromatic N) is 1. The summed E-state index contributed by atoms with van der Waals surface area (Å²) < 4.78 is 12.9. The molecule has 0 aliphatic rings. The number of rotatable bonds is 2. The van der Waals surface area contributed by atoms with Gasteiger partial charge in [-0.1, -0.05) is 0 Å². The van der Waals surface area contributed by atoms with E-state index < -0.39 is 11.7 Å². The first-order valence-corrected chi connectivity index (χ1v) is 3.35. The Hall–Kier alpha value is -1.45. The van der Waals surface area contributed by atoms with Crippen molar-refractivity contribution in [3.63, 3.8) is 0 Å². The molecule has 0 amide bonds. The molecule has 0 aliphatic heterocycles. The maximum absolute atomic E-state index is 12.9. The fourth-order valence-electron chi connectivity index (χ4n) is 0.782. The molecule has 0 spiro atoms. The third-order valence-corrected chi connectivity index (χ3v) is 1.41. The molecular formula is C8H8FN2O. The molecule has 4 heteroatoms. The molecule has 3 nitrogen and oxygen atoms in total. The first-order chi connectivity index (χ1) is 5.65. The van der Waals surface area contributed by atoms with Crippen LogP contribution in [-0.2, 0) is 0 Å². The van der Waals surface area contributed by atoms with Gasteiger partial charge in [-0.15, -0.1) is 0 Å². The van der Waals surface area contributed by atoms with Gasteiger partial charge in [0.2, 0.25) is 5.95 Å². The Balaban J connectivity index is 3.12. The first-order valence-electron chi connectivity index (χ1n) is 3.35. The maximum atomic E-state index is 12.9. The fourth-order valence-corrected chi connectivity index (χ4v) is 0.782. The van der Waals surface area contributed by atoms with Gasteiger partial charge in [-0.2, -0.15) is 4.39 Å². The van der Waals surface area contributed by atoms with E-state index in [-0.39, 0.29) is 5.56 Å². The van der Waals surface area contributed by atoms with Crippen molar-refractivity contribution in [2.45, 2.75) is 0 Å². The van der Waals surface area contributed by atoms with Gasteiger partial charge >= 0.3 is 0 Å². The predicted molar refractivity (Wildman–Crippen MR) is 43.4 cm³/mol. The number of nitrogens with one attached hydrogen (secondary N) is 1. The summed E-state index contributed by atoms with van der Waals surface area (Å²) in [5.74, 6) is -0.970. The van der Waals surface area contributed by atoms with Crippen LogP contribution in [0.2, 0.25) is 0 Å². The van der Waals surface area contributed by atoms with Gasteiger partial charge in [0.25, 0.3) is 0 Å². The molecule has 0 bridgehead atoms. The second-order valence-electron chi connectivity index (χ2n) is 2.21. The smallest absolute Gasteiger partial charge is 0.225 e. The molecular weight excluding hydrogens is 159 g/mol. The monoisotopic (exact) mass is 167 g/mol. The van der Waals surface area contributed by atoms with Crippen LogP contribution in [0.15, 0.2) is 12.1 Å². The van der Waals surface area contributed by atoms with E-state index in [9.17, 15) is 9.18 Å². The second-order valence-corrected chi connectivity index (χ2v) is 2.21. The molecule has 1 aromatic heterocycles. The molecule has 0 unspecified atom stereocenters. The van der Waals surface area contributed by atoms with E-state index >= 15 is 0 Å². The maximum Gasteiger partial charge on any atom is 0.225 e. The van der Waals surface area contributed by atoms with Crippen LogP contribution in [0.5, 0.6) is 0 Å². The molecule has 1 rings (SSSR count). The zero-order valence-corrected chi connectivity index (χ0v) is 6.60. The van der Waals surface area contributed by atoms with Crippen molar-refractivity contribution in [1.29, 1.82) is 0 Å². The number of carbonyl (C=O) groups is 1. The lowest BCUT2D eigenvalue weighted by atomic mass is 10.2. The quantitative estimate of drug-likeness (QED) is 0.533. The van der Waals surface area contributed by atoms with Crippen LogP contribution >= 0.6 is 0 Å². The molecule has 63 valence electrons. The van der Waals surface area contributed by atoms with Crippen molar-refractivity contribution in [3.8, 4) is 0 Å². The van der Waals surface area contributed by atoms with Crippen molar-refractivity contribution < 1.29 is 9.18 Å². The summed E-state index contributed by atoms with van der Waals surface area (Å²) in [7, 11) is 1.62. The highest BCUT2D eigenvalue weighted by Gasteiger charge is 2.08. The van der Waals surface area contributed by atoms with Gasteiger partial charge in [0.1, 0.15) is 5.82 Å². The molecule has 0 saturated carbocycles. The zero-order chi connectivity index (χ0) is 9.14. The number of pyridine rings is 1. The van der Waals surface area contributed by atoms with Crippen molar-refractivity contribution in [2.24, 2.45) is 0 Å². The minimum absolute atomic E-state index is 0.0889. The van der Waals surface area contributed by atoms with Crippen LogP contribution in [0.25, 0.3) is 0 Å². The molecule has 1 radical (unpaired) electrons. The number of anilines is 1. The van der Waals surface area contributed by atoms with Crippen LogP contribution in [-0.4, -0.2) is 17.8 Å². The van der Waals surface area contributed by atoms with E-state index in [2.05, 4.69) is 17.2 Å². The molecule has 0 atom stereocenters. The Morgan fingerprint density at radius 1 is 1.67 bits per heavy atom. The highest BCUT2D eigenvalue weighted by atomic mass is 19.1. The summed E-state index contributed by atoms with van der Waals surface area (Å²) in [5.41, 5.74) is -0.0889. The van der Waals surface area contributed by atoms with Crippen molar-refractivity contribution in [2.75, 3.05) is 12.4 Å². The Morgan fingerprint density at radius 3 is 2.75 bits per heavy atom. The first kappa shape index (κ1) is 8.64. The average molecular weight is 167 g/mol. The molecule has 0 aliphatic carbocycles. The highest BCUT2D eigenvalue weighted by Crippen LogP contribution is 2.09. The van der Waals surface area contributed by atoms with E-state index in [1.54, 1.807) is 7.05 Å². The lowest BCUT2D eigenvalue weighted by molar-refractivity contribution is 0.104. The van der Waals surface area contributed by atoms with Crippen LogP contribution in [0.1, 0.15) is 10.4 Å². The summed E-state index contributed by atoms with van der Waals surface area (Å²) in [6.07, 6.45) is 0. The van der Waals surface area contributed by atoms with Crippen LogP contribution in [0.3, 0.4) is 0 Å². The average Bonchev–Trinajstić information content (AvgIpc) is 2.03. The van der Waals surface area contributed by atoms with Crippen LogP contribution < -0.4 is 5.32 Å². The Morgan fingerprint density at radius 2 is 2.33 bits per heavy atom. The fraction of sp³-hybridized carbons (Fsp3) is 0.125. The number of halogens is 1. The summed E-state index contributed by atoms with van der Waals surface area (Å²) in [4.78, 5) is 14.1. The number of hydrogen-bond donors (Lipinski definition) is 1.